The highest BCUT2D eigenvalue weighted by Crippen LogP contribution is 2.41. The first kappa shape index (κ1) is 17.1. The quantitative estimate of drug-likeness (QED) is 0.817. The smallest absolute Gasteiger partial charge is 0.161 e. The summed E-state index contributed by atoms with van der Waals surface area (Å²) < 4.78 is 12.4. The summed E-state index contributed by atoms with van der Waals surface area (Å²) in [6.45, 7) is 12.8. The highest BCUT2D eigenvalue weighted by Gasteiger charge is 2.47. The predicted octanol–water partition coefficient (Wildman–Crippen LogP) is 4.19. The number of rotatable bonds is 2. The fraction of sp³-hybridized carbons (Fsp3) is 0.476. The lowest BCUT2D eigenvalue weighted by Gasteiger charge is -2.46. The average Bonchev–Trinajstić information content (AvgIpc) is 2.53. The summed E-state index contributed by atoms with van der Waals surface area (Å²) in [6.07, 6.45) is 1.85. The molecule has 3 heteroatoms. The van der Waals surface area contributed by atoms with Gasteiger partial charge in [0.15, 0.2) is 5.78 Å². The van der Waals surface area contributed by atoms with Crippen LogP contribution < -0.4 is 0 Å². The van der Waals surface area contributed by atoms with Crippen LogP contribution in [0.4, 0.5) is 0 Å². The van der Waals surface area contributed by atoms with Gasteiger partial charge >= 0.3 is 0 Å². The van der Waals surface area contributed by atoms with Gasteiger partial charge in [-0.3, -0.25) is 4.79 Å². The van der Waals surface area contributed by atoms with E-state index in [9.17, 15) is 4.79 Å². The van der Waals surface area contributed by atoms with Crippen molar-refractivity contribution in [2.75, 3.05) is 6.61 Å². The maximum atomic E-state index is 12.6. The van der Waals surface area contributed by atoms with Crippen molar-refractivity contribution in [2.24, 2.45) is 5.41 Å². The van der Waals surface area contributed by atoms with E-state index in [0.717, 1.165) is 16.7 Å². The molecular weight excluding hydrogens is 300 g/mol. The molecule has 24 heavy (non-hydrogen) atoms. The molecule has 1 aromatic rings. The predicted molar refractivity (Wildman–Crippen MR) is 95.7 cm³/mol. The van der Waals surface area contributed by atoms with Crippen LogP contribution in [0.1, 0.15) is 39.7 Å². The van der Waals surface area contributed by atoms with Gasteiger partial charge in [0.2, 0.25) is 0 Å². The van der Waals surface area contributed by atoms with Crippen molar-refractivity contribution in [3.63, 3.8) is 0 Å². The van der Waals surface area contributed by atoms with Gasteiger partial charge in [-0.25, -0.2) is 0 Å². The molecule has 3 atom stereocenters. The zero-order valence-corrected chi connectivity index (χ0v) is 15.0. The zero-order chi connectivity index (χ0) is 17.5. The highest BCUT2D eigenvalue weighted by atomic mass is 16.6. The minimum Gasteiger partial charge on any atom is -0.365 e. The Balaban J connectivity index is 1.82. The molecule has 0 radical (unpaired) electrons. The minimum atomic E-state index is -0.552. The maximum Gasteiger partial charge on any atom is 0.161 e. The third-order valence-electron chi connectivity index (χ3n) is 4.96. The summed E-state index contributed by atoms with van der Waals surface area (Å²) >= 11 is 0. The fourth-order valence-electron chi connectivity index (χ4n) is 3.41. The first-order chi connectivity index (χ1) is 11.2. The summed E-state index contributed by atoms with van der Waals surface area (Å²) in [5.74, 6) is 0.152. The third kappa shape index (κ3) is 3.11. The first-order valence-electron chi connectivity index (χ1n) is 8.51. The van der Waals surface area contributed by atoms with Crippen LogP contribution in [0, 0.1) is 5.41 Å². The van der Waals surface area contributed by atoms with Gasteiger partial charge < -0.3 is 9.47 Å². The molecule has 3 rings (SSSR count). The van der Waals surface area contributed by atoms with Gasteiger partial charge in [0.1, 0.15) is 11.7 Å². The van der Waals surface area contributed by atoms with E-state index in [0.29, 0.717) is 13.0 Å². The SMILES string of the molecule is C=C(c1ccccc1)[C@H]1CO[C@@]2(C)C=C(C(C)(C)C)C(=O)C[C@H]2O1. The Morgan fingerprint density at radius 1 is 1.25 bits per heavy atom. The molecule has 128 valence electrons. The summed E-state index contributed by atoms with van der Waals surface area (Å²) in [4.78, 5) is 12.6. The van der Waals surface area contributed by atoms with E-state index in [1.807, 2.05) is 43.3 Å². The van der Waals surface area contributed by atoms with Crippen LogP contribution >= 0.6 is 0 Å². The summed E-state index contributed by atoms with van der Waals surface area (Å²) in [5.41, 5.74) is 2.05. The van der Waals surface area contributed by atoms with Gasteiger partial charge in [-0.15, -0.1) is 0 Å². The molecule has 2 aliphatic rings. The van der Waals surface area contributed by atoms with Crippen molar-refractivity contribution in [1.29, 1.82) is 0 Å². The Labute approximate surface area is 144 Å². The van der Waals surface area contributed by atoms with E-state index in [-0.39, 0.29) is 23.4 Å². The van der Waals surface area contributed by atoms with Gasteiger partial charge in [-0.2, -0.15) is 0 Å². The summed E-state index contributed by atoms with van der Waals surface area (Å²) in [7, 11) is 0. The normalized spacial score (nSPS) is 30.5. The largest absolute Gasteiger partial charge is 0.365 e. The lowest BCUT2D eigenvalue weighted by Crippen LogP contribution is -2.54. The maximum absolute atomic E-state index is 12.6. The van der Waals surface area contributed by atoms with E-state index in [2.05, 4.69) is 27.4 Å². The molecule has 1 fully saturated rings. The van der Waals surface area contributed by atoms with E-state index in [1.165, 1.54) is 0 Å². The van der Waals surface area contributed by atoms with E-state index in [4.69, 9.17) is 9.47 Å². The molecule has 0 saturated carbocycles. The molecule has 1 aliphatic heterocycles. The molecule has 0 bridgehead atoms. The van der Waals surface area contributed by atoms with Crippen LogP contribution in [0.5, 0.6) is 0 Å². The lowest BCUT2D eigenvalue weighted by molar-refractivity contribution is -0.197. The van der Waals surface area contributed by atoms with Crippen LogP contribution in [0.2, 0.25) is 0 Å². The number of carbonyl (C=O) groups excluding carboxylic acids is 1. The van der Waals surface area contributed by atoms with Crippen molar-refractivity contribution in [3.8, 4) is 0 Å². The molecule has 0 amide bonds. The van der Waals surface area contributed by atoms with Crippen LogP contribution in [0.15, 0.2) is 48.6 Å². The monoisotopic (exact) mass is 326 g/mol. The average molecular weight is 326 g/mol. The topological polar surface area (TPSA) is 35.5 Å². The van der Waals surface area contributed by atoms with Crippen molar-refractivity contribution >= 4 is 11.4 Å². The van der Waals surface area contributed by atoms with Crippen molar-refractivity contribution in [2.45, 2.75) is 51.9 Å². The highest BCUT2D eigenvalue weighted by molar-refractivity contribution is 5.98. The number of carbonyl (C=O) groups is 1. The second kappa shape index (κ2) is 5.98. The molecule has 1 saturated heterocycles. The summed E-state index contributed by atoms with van der Waals surface area (Å²) in [6, 6.07) is 9.98. The van der Waals surface area contributed by atoms with E-state index in [1.54, 1.807) is 0 Å². The molecule has 1 aliphatic carbocycles. The van der Waals surface area contributed by atoms with Gasteiger partial charge in [0.05, 0.1) is 12.7 Å². The van der Waals surface area contributed by atoms with Gasteiger partial charge in [-0.1, -0.05) is 57.7 Å². The second-order valence-corrected chi connectivity index (χ2v) is 7.93. The van der Waals surface area contributed by atoms with Crippen LogP contribution in [-0.4, -0.2) is 30.2 Å². The molecule has 0 unspecified atom stereocenters. The molecule has 1 heterocycles. The number of allylic oxidation sites excluding steroid dienone is 1. The van der Waals surface area contributed by atoms with Gasteiger partial charge in [-0.05, 0) is 35.1 Å². The fourth-order valence-corrected chi connectivity index (χ4v) is 3.41. The van der Waals surface area contributed by atoms with Crippen molar-refractivity contribution in [3.05, 3.63) is 54.1 Å². The number of benzene rings is 1. The number of Topliss-reactive ketones (excluding diaryl/α,β-unsaturated/α-hetero) is 1. The summed E-state index contributed by atoms with van der Waals surface area (Å²) in [5, 5.41) is 0. The Hall–Kier alpha value is -1.71. The molecular formula is C21H26O3. The third-order valence-corrected chi connectivity index (χ3v) is 4.96. The van der Waals surface area contributed by atoms with E-state index < -0.39 is 5.60 Å². The zero-order valence-electron chi connectivity index (χ0n) is 15.0. The Morgan fingerprint density at radius 3 is 2.54 bits per heavy atom. The lowest BCUT2D eigenvalue weighted by atomic mass is 9.74. The van der Waals surface area contributed by atoms with E-state index >= 15 is 0 Å². The Morgan fingerprint density at radius 2 is 1.92 bits per heavy atom. The first-order valence-corrected chi connectivity index (χ1v) is 8.51. The van der Waals surface area contributed by atoms with Gasteiger partial charge in [0, 0.05) is 6.42 Å². The molecule has 1 aromatic carbocycles. The number of ketones is 1. The van der Waals surface area contributed by atoms with Crippen molar-refractivity contribution in [1.82, 2.24) is 0 Å². The molecule has 0 aromatic heterocycles. The minimum absolute atomic E-state index is 0.152. The number of fused-ring (bicyclic) bond motifs is 1. The Kier molecular flexibility index (Phi) is 4.27. The van der Waals surface area contributed by atoms with Crippen molar-refractivity contribution < 1.29 is 14.3 Å². The number of hydrogen-bond donors (Lipinski definition) is 0. The second-order valence-electron chi connectivity index (χ2n) is 7.93. The standard InChI is InChI=1S/C21H26O3/c1-14(15-9-7-6-8-10-15)18-13-23-21(5)12-16(20(2,3)4)17(22)11-19(21)24-18/h6-10,12,18-19H,1,11,13H2,2-5H3/t18-,19-,21+/m1/s1. The number of ether oxygens (including phenoxy) is 2. The number of hydrogen-bond acceptors (Lipinski definition) is 3. The Bertz CT molecular complexity index is 681. The van der Waals surface area contributed by atoms with Crippen LogP contribution in [0.3, 0.4) is 0 Å². The molecule has 3 nitrogen and oxygen atoms in total. The van der Waals surface area contributed by atoms with Crippen LogP contribution in [0.25, 0.3) is 5.57 Å². The van der Waals surface area contributed by atoms with Crippen LogP contribution in [-0.2, 0) is 14.3 Å². The van der Waals surface area contributed by atoms with Gasteiger partial charge in [0.25, 0.3) is 0 Å². The molecule has 0 N–H and O–H groups in total. The molecule has 0 spiro atoms.